The standard InChI is InChI=1S/C15H21N5O2.ClH/c1-16-8-4-9-17-13(21)7-10-18-15(22)14-11-5-2-3-6-12(11)19-20-14;/h2-3,5-6,16H,4,7-10H2,1H3,(H,17,21)(H,18,22)(H,19,20);1H. The Balaban J connectivity index is 0.00000264. The fourth-order valence-electron chi connectivity index (χ4n) is 2.09. The third-order valence-corrected chi connectivity index (χ3v) is 3.25. The Morgan fingerprint density at radius 2 is 1.91 bits per heavy atom. The van der Waals surface area contributed by atoms with E-state index in [1.807, 2.05) is 31.3 Å². The average molecular weight is 340 g/mol. The molecule has 0 atom stereocenters. The molecule has 2 amide bonds. The summed E-state index contributed by atoms with van der Waals surface area (Å²) in [7, 11) is 1.87. The second kappa shape index (κ2) is 9.81. The van der Waals surface area contributed by atoms with Crippen LogP contribution in [0.5, 0.6) is 0 Å². The van der Waals surface area contributed by atoms with Crippen LogP contribution in [0.1, 0.15) is 23.3 Å². The first kappa shape index (κ1) is 18.9. The van der Waals surface area contributed by atoms with Gasteiger partial charge in [-0.05, 0) is 26.1 Å². The SMILES string of the molecule is CNCCCNC(=O)CCNC(=O)c1n[nH]c2ccccc12.Cl. The molecule has 4 N–H and O–H groups in total. The molecule has 0 aliphatic rings. The maximum Gasteiger partial charge on any atom is 0.272 e. The molecular weight excluding hydrogens is 318 g/mol. The molecule has 1 heterocycles. The largest absolute Gasteiger partial charge is 0.356 e. The van der Waals surface area contributed by atoms with Crippen molar-refractivity contribution in [3.05, 3.63) is 30.0 Å². The van der Waals surface area contributed by atoms with Crippen molar-refractivity contribution < 1.29 is 9.59 Å². The first-order valence-electron chi connectivity index (χ1n) is 7.35. The predicted molar refractivity (Wildman–Crippen MR) is 91.8 cm³/mol. The molecule has 23 heavy (non-hydrogen) atoms. The predicted octanol–water partition coefficient (Wildman–Crippen LogP) is 0.830. The van der Waals surface area contributed by atoms with Crippen molar-refractivity contribution in [3.63, 3.8) is 0 Å². The number of aromatic amines is 1. The Hall–Kier alpha value is -2.12. The van der Waals surface area contributed by atoms with Crippen molar-refractivity contribution in [3.8, 4) is 0 Å². The van der Waals surface area contributed by atoms with E-state index in [1.165, 1.54) is 0 Å². The van der Waals surface area contributed by atoms with Gasteiger partial charge >= 0.3 is 0 Å². The number of carbonyl (C=O) groups excluding carboxylic acids is 2. The van der Waals surface area contributed by atoms with Gasteiger partial charge in [0.15, 0.2) is 5.69 Å². The van der Waals surface area contributed by atoms with Gasteiger partial charge in [0.1, 0.15) is 0 Å². The Bertz CT molecular complexity index is 644. The maximum atomic E-state index is 12.1. The summed E-state index contributed by atoms with van der Waals surface area (Å²) < 4.78 is 0. The van der Waals surface area contributed by atoms with Crippen LogP contribution in [-0.2, 0) is 4.79 Å². The van der Waals surface area contributed by atoms with E-state index >= 15 is 0 Å². The number of rotatable bonds is 8. The van der Waals surface area contributed by atoms with Crippen LogP contribution in [0.3, 0.4) is 0 Å². The van der Waals surface area contributed by atoms with Crippen LogP contribution in [0.15, 0.2) is 24.3 Å². The molecule has 8 heteroatoms. The van der Waals surface area contributed by atoms with E-state index in [9.17, 15) is 9.59 Å². The molecule has 0 saturated heterocycles. The molecule has 126 valence electrons. The molecule has 1 aromatic carbocycles. The van der Waals surface area contributed by atoms with Gasteiger partial charge in [-0.1, -0.05) is 18.2 Å². The summed E-state index contributed by atoms with van der Waals surface area (Å²) in [6, 6.07) is 7.42. The minimum Gasteiger partial charge on any atom is -0.356 e. The quantitative estimate of drug-likeness (QED) is 0.535. The number of amides is 2. The molecule has 0 aliphatic heterocycles. The Morgan fingerprint density at radius 3 is 2.70 bits per heavy atom. The van der Waals surface area contributed by atoms with Gasteiger partial charge in [0.25, 0.3) is 5.91 Å². The topological polar surface area (TPSA) is 98.9 Å². The normalized spacial score (nSPS) is 10.1. The van der Waals surface area contributed by atoms with E-state index in [-0.39, 0.29) is 37.2 Å². The molecule has 0 bridgehead atoms. The lowest BCUT2D eigenvalue weighted by Crippen LogP contribution is -2.32. The highest BCUT2D eigenvalue weighted by Crippen LogP contribution is 2.14. The number of para-hydroxylation sites is 1. The summed E-state index contributed by atoms with van der Waals surface area (Å²) >= 11 is 0. The van der Waals surface area contributed by atoms with Crippen molar-refractivity contribution >= 4 is 35.1 Å². The number of aromatic nitrogens is 2. The van der Waals surface area contributed by atoms with E-state index in [1.54, 1.807) is 0 Å². The highest BCUT2D eigenvalue weighted by atomic mass is 35.5. The first-order chi connectivity index (χ1) is 10.7. The minimum absolute atomic E-state index is 0. The molecule has 0 radical (unpaired) electrons. The highest BCUT2D eigenvalue weighted by molar-refractivity contribution is 6.04. The molecule has 0 saturated carbocycles. The fourth-order valence-corrected chi connectivity index (χ4v) is 2.09. The molecule has 7 nitrogen and oxygen atoms in total. The molecule has 0 unspecified atom stereocenters. The van der Waals surface area contributed by atoms with Crippen LogP contribution in [0.2, 0.25) is 0 Å². The van der Waals surface area contributed by atoms with Crippen LogP contribution in [0.25, 0.3) is 10.9 Å². The van der Waals surface area contributed by atoms with E-state index in [4.69, 9.17) is 0 Å². The fraction of sp³-hybridized carbons (Fsp3) is 0.400. The van der Waals surface area contributed by atoms with E-state index < -0.39 is 0 Å². The molecule has 2 aromatic rings. The molecule has 0 fully saturated rings. The number of benzene rings is 1. The van der Waals surface area contributed by atoms with Gasteiger partial charge in [0.2, 0.25) is 5.91 Å². The van der Waals surface area contributed by atoms with E-state index in [0.717, 1.165) is 23.9 Å². The Kier molecular flexibility index (Phi) is 8.07. The zero-order valence-electron chi connectivity index (χ0n) is 13.0. The number of fused-ring (bicyclic) bond motifs is 1. The molecule has 2 rings (SSSR count). The van der Waals surface area contributed by atoms with Gasteiger partial charge in [-0.2, -0.15) is 5.10 Å². The van der Waals surface area contributed by atoms with Crippen LogP contribution in [0.4, 0.5) is 0 Å². The van der Waals surface area contributed by atoms with Crippen molar-refractivity contribution in [2.24, 2.45) is 0 Å². The van der Waals surface area contributed by atoms with E-state index in [0.29, 0.717) is 12.2 Å². The Morgan fingerprint density at radius 1 is 1.13 bits per heavy atom. The Labute approximate surface area is 141 Å². The van der Waals surface area contributed by atoms with Gasteiger partial charge in [0, 0.05) is 24.9 Å². The summed E-state index contributed by atoms with van der Waals surface area (Å²) in [4.78, 5) is 23.6. The summed E-state index contributed by atoms with van der Waals surface area (Å²) in [6.45, 7) is 1.79. The summed E-state index contributed by atoms with van der Waals surface area (Å²) in [5.74, 6) is -0.344. The highest BCUT2D eigenvalue weighted by Gasteiger charge is 2.13. The number of carbonyl (C=O) groups is 2. The lowest BCUT2D eigenvalue weighted by atomic mass is 10.2. The number of nitrogens with one attached hydrogen (secondary N) is 4. The number of hydrogen-bond acceptors (Lipinski definition) is 4. The maximum absolute atomic E-state index is 12.1. The summed E-state index contributed by atoms with van der Waals surface area (Å²) in [6.07, 6.45) is 1.14. The van der Waals surface area contributed by atoms with Gasteiger partial charge in [-0.3, -0.25) is 14.7 Å². The summed E-state index contributed by atoms with van der Waals surface area (Å²) in [5, 5.41) is 16.1. The summed E-state index contributed by atoms with van der Waals surface area (Å²) in [5.41, 5.74) is 1.17. The van der Waals surface area contributed by atoms with E-state index in [2.05, 4.69) is 26.1 Å². The van der Waals surface area contributed by atoms with Crippen LogP contribution in [0, 0.1) is 0 Å². The molecule has 1 aromatic heterocycles. The smallest absolute Gasteiger partial charge is 0.272 e. The van der Waals surface area contributed by atoms with Crippen molar-refractivity contribution in [2.45, 2.75) is 12.8 Å². The number of halogens is 1. The zero-order valence-corrected chi connectivity index (χ0v) is 13.8. The van der Waals surface area contributed by atoms with Gasteiger partial charge < -0.3 is 16.0 Å². The minimum atomic E-state index is -0.277. The zero-order chi connectivity index (χ0) is 15.8. The van der Waals surface area contributed by atoms with Gasteiger partial charge in [-0.25, -0.2) is 0 Å². The number of nitrogens with zero attached hydrogens (tertiary/aromatic N) is 1. The number of H-pyrrole nitrogens is 1. The van der Waals surface area contributed by atoms with Crippen LogP contribution >= 0.6 is 12.4 Å². The molecular formula is C15H22ClN5O2. The first-order valence-corrected chi connectivity index (χ1v) is 7.35. The van der Waals surface area contributed by atoms with Gasteiger partial charge in [-0.15, -0.1) is 12.4 Å². The van der Waals surface area contributed by atoms with Crippen LogP contribution < -0.4 is 16.0 Å². The third kappa shape index (κ3) is 5.54. The van der Waals surface area contributed by atoms with Gasteiger partial charge in [0.05, 0.1) is 5.52 Å². The molecule has 0 spiro atoms. The van der Waals surface area contributed by atoms with Crippen molar-refractivity contribution in [1.82, 2.24) is 26.1 Å². The number of hydrogen-bond donors (Lipinski definition) is 4. The second-order valence-corrected chi connectivity index (χ2v) is 4.93. The average Bonchev–Trinajstić information content (AvgIpc) is 2.95. The third-order valence-electron chi connectivity index (χ3n) is 3.25. The van der Waals surface area contributed by atoms with Crippen molar-refractivity contribution in [2.75, 3.05) is 26.7 Å². The molecule has 0 aliphatic carbocycles. The monoisotopic (exact) mass is 339 g/mol. The van der Waals surface area contributed by atoms with Crippen LogP contribution in [-0.4, -0.2) is 48.7 Å². The van der Waals surface area contributed by atoms with Crippen molar-refractivity contribution in [1.29, 1.82) is 0 Å². The lowest BCUT2D eigenvalue weighted by molar-refractivity contribution is -0.120. The second-order valence-electron chi connectivity index (χ2n) is 4.93. The lowest BCUT2D eigenvalue weighted by Gasteiger charge is -2.06.